The maximum atomic E-state index is 11.8. The third kappa shape index (κ3) is 6.88. The highest BCUT2D eigenvalue weighted by atomic mass is 19.4. The van der Waals surface area contributed by atoms with Crippen LogP contribution in [0.3, 0.4) is 0 Å². The molecule has 102 valence electrons. The molecule has 0 aromatic heterocycles. The van der Waals surface area contributed by atoms with Crippen molar-refractivity contribution in [1.29, 1.82) is 0 Å². The van der Waals surface area contributed by atoms with Crippen molar-refractivity contribution < 1.29 is 17.9 Å². The fourth-order valence-electron chi connectivity index (χ4n) is 2.64. The van der Waals surface area contributed by atoms with Gasteiger partial charge >= 0.3 is 6.18 Å². The van der Waals surface area contributed by atoms with E-state index in [0.29, 0.717) is 24.4 Å². The van der Waals surface area contributed by atoms with Crippen molar-refractivity contribution in [3.8, 4) is 0 Å². The van der Waals surface area contributed by atoms with Gasteiger partial charge in [-0.2, -0.15) is 13.2 Å². The van der Waals surface area contributed by atoms with Gasteiger partial charge < -0.3 is 10.1 Å². The maximum Gasteiger partial charge on any atom is 0.411 e. The van der Waals surface area contributed by atoms with Gasteiger partial charge in [0.25, 0.3) is 0 Å². The van der Waals surface area contributed by atoms with E-state index in [0.717, 1.165) is 12.8 Å². The summed E-state index contributed by atoms with van der Waals surface area (Å²) in [5, 5.41) is 3.28. The molecule has 2 unspecified atom stereocenters. The van der Waals surface area contributed by atoms with Crippen LogP contribution < -0.4 is 5.32 Å². The van der Waals surface area contributed by atoms with Crippen molar-refractivity contribution >= 4 is 0 Å². The van der Waals surface area contributed by atoms with Crippen molar-refractivity contribution in [2.24, 2.45) is 11.8 Å². The zero-order chi connectivity index (χ0) is 12.9. The van der Waals surface area contributed by atoms with Gasteiger partial charge in [-0.15, -0.1) is 0 Å². The summed E-state index contributed by atoms with van der Waals surface area (Å²) in [6.45, 7) is 3.93. The molecule has 1 saturated carbocycles. The standard InChI is InChI=1S/C12H22F3NO/c1-9-5-10(2)7-11(6-9)16-3-4-17-8-12(13,14)15/h9-11,16H,3-8H2,1-2H3. The van der Waals surface area contributed by atoms with Gasteiger partial charge in [-0.1, -0.05) is 13.8 Å². The van der Waals surface area contributed by atoms with Crippen LogP contribution in [0.2, 0.25) is 0 Å². The van der Waals surface area contributed by atoms with Gasteiger partial charge in [-0.05, 0) is 31.1 Å². The van der Waals surface area contributed by atoms with E-state index in [9.17, 15) is 13.2 Å². The van der Waals surface area contributed by atoms with E-state index in [4.69, 9.17) is 0 Å². The minimum atomic E-state index is -4.21. The van der Waals surface area contributed by atoms with Crippen molar-refractivity contribution in [3.05, 3.63) is 0 Å². The van der Waals surface area contributed by atoms with Crippen LogP contribution >= 0.6 is 0 Å². The summed E-state index contributed by atoms with van der Waals surface area (Å²) >= 11 is 0. The van der Waals surface area contributed by atoms with Crippen molar-refractivity contribution in [2.45, 2.75) is 45.3 Å². The maximum absolute atomic E-state index is 11.8. The Kier molecular flexibility index (Phi) is 5.73. The normalized spacial score (nSPS) is 30.5. The molecule has 17 heavy (non-hydrogen) atoms. The largest absolute Gasteiger partial charge is 0.411 e. The summed E-state index contributed by atoms with van der Waals surface area (Å²) in [7, 11) is 0. The quantitative estimate of drug-likeness (QED) is 0.761. The molecule has 2 atom stereocenters. The van der Waals surface area contributed by atoms with E-state index in [1.807, 2.05) is 0 Å². The van der Waals surface area contributed by atoms with Gasteiger partial charge in [0.1, 0.15) is 6.61 Å². The Balaban J connectivity index is 2.06. The molecule has 1 fully saturated rings. The first kappa shape index (κ1) is 14.8. The summed E-state index contributed by atoms with van der Waals surface area (Å²) in [4.78, 5) is 0. The lowest BCUT2D eigenvalue weighted by atomic mass is 9.80. The predicted octanol–water partition coefficient (Wildman–Crippen LogP) is 2.98. The average Bonchev–Trinajstić information content (AvgIpc) is 2.13. The van der Waals surface area contributed by atoms with Crippen LogP contribution in [0.5, 0.6) is 0 Å². The Morgan fingerprint density at radius 2 is 1.71 bits per heavy atom. The SMILES string of the molecule is CC1CC(C)CC(NCCOCC(F)(F)F)C1. The lowest BCUT2D eigenvalue weighted by molar-refractivity contribution is -0.173. The van der Waals surface area contributed by atoms with Gasteiger partial charge in [-0.25, -0.2) is 0 Å². The fraction of sp³-hybridized carbons (Fsp3) is 1.00. The van der Waals surface area contributed by atoms with Crippen molar-refractivity contribution in [2.75, 3.05) is 19.8 Å². The molecule has 1 rings (SSSR count). The number of hydrogen-bond acceptors (Lipinski definition) is 2. The summed E-state index contributed by atoms with van der Waals surface area (Å²) in [6, 6.07) is 0.434. The lowest BCUT2D eigenvalue weighted by Gasteiger charge is -2.32. The highest BCUT2D eigenvalue weighted by molar-refractivity contribution is 4.79. The van der Waals surface area contributed by atoms with Crippen LogP contribution in [-0.2, 0) is 4.74 Å². The van der Waals surface area contributed by atoms with E-state index < -0.39 is 12.8 Å². The van der Waals surface area contributed by atoms with E-state index >= 15 is 0 Å². The molecule has 1 N–H and O–H groups in total. The van der Waals surface area contributed by atoms with Gasteiger partial charge in [0.05, 0.1) is 6.61 Å². The van der Waals surface area contributed by atoms with E-state index in [-0.39, 0.29) is 6.61 Å². The van der Waals surface area contributed by atoms with E-state index in [1.54, 1.807) is 0 Å². The Morgan fingerprint density at radius 1 is 1.12 bits per heavy atom. The van der Waals surface area contributed by atoms with Gasteiger partial charge in [0.2, 0.25) is 0 Å². The smallest absolute Gasteiger partial charge is 0.371 e. The van der Waals surface area contributed by atoms with E-state index in [1.165, 1.54) is 6.42 Å². The molecular formula is C12H22F3NO. The summed E-state index contributed by atoms with van der Waals surface area (Å²) in [6.07, 6.45) is -0.732. The van der Waals surface area contributed by atoms with Gasteiger partial charge in [0, 0.05) is 12.6 Å². The Bertz CT molecular complexity index is 210. The zero-order valence-corrected chi connectivity index (χ0v) is 10.5. The second-order valence-electron chi connectivity index (χ2n) is 5.24. The lowest BCUT2D eigenvalue weighted by Crippen LogP contribution is -2.38. The van der Waals surface area contributed by atoms with E-state index in [2.05, 4.69) is 23.9 Å². The monoisotopic (exact) mass is 253 g/mol. The molecule has 0 aromatic rings. The number of hydrogen-bond donors (Lipinski definition) is 1. The topological polar surface area (TPSA) is 21.3 Å². The summed E-state index contributed by atoms with van der Waals surface area (Å²) in [5.41, 5.74) is 0. The minimum absolute atomic E-state index is 0.124. The second kappa shape index (κ2) is 6.59. The van der Waals surface area contributed by atoms with Crippen LogP contribution in [0, 0.1) is 11.8 Å². The number of ether oxygens (including phenoxy) is 1. The first-order valence-electron chi connectivity index (χ1n) is 6.24. The Hall–Kier alpha value is -0.290. The number of rotatable bonds is 5. The van der Waals surface area contributed by atoms with Crippen LogP contribution in [0.1, 0.15) is 33.1 Å². The van der Waals surface area contributed by atoms with Gasteiger partial charge in [-0.3, -0.25) is 0 Å². The molecule has 2 nitrogen and oxygen atoms in total. The first-order chi connectivity index (χ1) is 7.87. The third-order valence-electron chi connectivity index (χ3n) is 3.12. The molecule has 1 aliphatic carbocycles. The molecule has 0 amide bonds. The molecule has 1 aliphatic rings. The highest BCUT2D eigenvalue weighted by Gasteiger charge is 2.27. The minimum Gasteiger partial charge on any atom is -0.371 e. The highest BCUT2D eigenvalue weighted by Crippen LogP contribution is 2.28. The molecule has 0 heterocycles. The molecular weight excluding hydrogens is 231 g/mol. The molecule has 0 aromatic carbocycles. The van der Waals surface area contributed by atoms with Crippen LogP contribution in [0.25, 0.3) is 0 Å². The molecule has 0 spiro atoms. The molecule has 5 heteroatoms. The Labute approximate surface area is 101 Å². The first-order valence-corrected chi connectivity index (χ1v) is 6.24. The fourth-order valence-corrected chi connectivity index (χ4v) is 2.64. The molecule has 0 saturated heterocycles. The zero-order valence-electron chi connectivity index (χ0n) is 10.5. The average molecular weight is 253 g/mol. The number of alkyl halides is 3. The molecule has 0 bridgehead atoms. The van der Waals surface area contributed by atoms with Crippen LogP contribution in [0.15, 0.2) is 0 Å². The Morgan fingerprint density at radius 3 is 2.24 bits per heavy atom. The molecule has 0 radical (unpaired) electrons. The van der Waals surface area contributed by atoms with Crippen LogP contribution in [0.4, 0.5) is 13.2 Å². The molecule has 0 aliphatic heterocycles. The van der Waals surface area contributed by atoms with Crippen molar-refractivity contribution in [3.63, 3.8) is 0 Å². The van der Waals surface area contributed by atoms with Gasteiger partial charge in [0.15, 0.2) is 0 Å². The number of nitrogens with one attached hydrogen (secondary N) is 1. The summed E-state index contributed by atoms with van der Waals surface area (Å²) in [5.74, 6) is 1.40. The van der Waals surface area contributed by atoms with Crippen LogP contribution in [-0.4, -0.2) is 32.0 Å². The number of halogens is 3. The summed E-state index contributed by atoms with van der Waals surface area (Å²) < 4.78 is 39.9. The van der Waals surface area contributed by atoms with Crippen molar-refractivity contribution in [1.82, 2.24) is 5.32 Å². The second-order valence-corrected chi connectivity index (χ2v) is 5.24. The predicted molar refractivity (Wildman–Crippen MR) is 60.8 cm³/mol. The third-order valence-corrected chi connectivity index (χ3v) is 3.12.